The van der Waals surface area contributed by atoms with Crippen molar-refractivity contribution in [1.29, 1.82) is 0 Å². The van der Waals surface area contributed by atoms with E-state index >= 15 is 0 Å². The second kappa shape index (κ2) is 9.09. The molecule has 0 aliphatic carbocycles. The Morgan fingerprint density at radius 3 is 2.64 bits per heavy atom. The number of hydrogen-bond donors (Lipinski definition) is 2. The van der Waals surface area contributed by atoms with E-state index in [2.05, 4.69) is 4.98 Å². The summed E-state index contributed by atoms with van der Waals surface area (Å²) in [5.74, 6) is 0.00167. The summed E-state index contributed by atoms with van der Waals surface area (Å²) in [4.78, 5) is 16.8. The third-order valence-corrected chi connectivity index (χ3v) is 8.22. The third-order valence-electron chi connectivity index (χ3n) is 6.36. The van der Waals surface area contributed by atoms with E-state index < -0.39 is 21.3 Å². The molecule has 174 valence electrons. The Morgan fingerprint density at radius 2 is 1.94 bits per heavy atom. The zero-order chi connectivity index (χ0) is 23.6. The Kier molecular flexibility index (Phi) is 6.38. The summed E-state index contributed by atoms with van der Waals surface area (Å²) in [7, 11) is -3.77. The molecule has 4 rings (SSSR count). The number of fused-ring (bicyclic) bond motifs is 1. The van der Waals surface area contributed by atoms with Gasteiger partial charge in [-0.2, -0.15) is 4.31 Å². The van der Waals surface area contributed by atoms with Gasteiger partial charge in [-0.05, 0) is 56.2 Å². The van der Waals surface area contributed by atoms with Gasteiger partial charge in [0.15, 0.2) is 0 Å². The predicted octanol–water partition coefficient (Wildman–Crippen LogP) is 3.42. The van der Waals surface area contributed by atoms with Crippen molar-refractivity contribution < 1.29 is 23.2 Å². The molecule has 1 aliphatic rings. The average Bonchev–Trinajstić information content (AvgIpc) is 3.29. The lowest BCUT2D eigenvalue weighted by Crippen LogP contribution is -2.42. The molecule has 0 spiro atoms. The highest BCUT2D eigenvalue weighted by Crippen LogP contribution is 2.37. The molecule has 1 amide bonds. The van der Waals surface area contributed by atoms with E-state index in [9.17, 15) is 13.2 Å². The molecule has 1 fully saturated rings. The summed E-state index contributed by atoms with van der Waals surface area (Å²) < 4.78 is 33.4. The minimum absolute atomic E-state index is 0.0327. The van der Waals surface area contributed by atoms with Gasteiger partial charge in [0.25, 0.3) is 5.91 Å². The quantitative estimate of drug-likeness (QED) is 0.405. The van der Waals surface area contributed by atoms with Crippen molar-refractivity contribution in [2.75, 3.05) is 13.1 Å². The summed E-state index contributed by atoms with van der Waals surface area (Å²) in [5, 5.41) is 10.1. The van der Waals surface area contributed by atoms with Crippen LogP contribution in [0.25, 0.3) is 10.9 Å². The maximum Gasteiger partial charge on any atom is 0.250 e. The Bertz CT molecular complexity index is 1280. The van der Waals surface area contributed by atoms with Crippen LogP contribution < -0.4 is 10.2 Å². The van der Waals surface area contributed by atoms with E-state index in [-0.39, 0.29) is 18.0 Å². The van der Waals surface area contributed by atoms with E-state index in [0.29, 0.717) is 25.2 Å². The lowest BCUT2D eigenvalue weighted by molar-refractivity contribution is -0.139. The number of carbonyl (C=O) groups excluding carboxylic acids is 1. The minimum atomic E-state index is -3.77. The zero-order valence-electron chi connectivity index (χ0n) is 18.6. The number of pyridine rings is 1. The molecule has 0 radical (unpaired) electrons. The van der Waals surface area contributed by atoms with Gasteiger partial charge in [-0.1, -0.05) is 25.1 Å². The van der Waals surface area contributed by atoms with Gasteiger partial charge in [0.2, 0.25) is 10.0 Å². The van der Waals surface area contributed by atoms with Crippen LogP contribution in [0.3, 0.4) is 0 Å². The molecule has 0 saturated carbocycles. The van der Waals surface area contributed by atoms with Crippen LogP contribution in [-0.4, -0.2) is 41.9 Å². The number of rotatable bonds is 7. The maximum absolute atomic E-state index is 13.1. The number of hydrogen-bond acceptors (Lipinski definition) is 6. The monoisotopic (exact) mass is 469 g/mol. The Morgan fingerprint density at radius 1 is 1.21 bits per heavy atom. The largest absolute Gasteiger partial charge is 0.489 e. The molecule has 9 heteroatoms. The zero-order valence-corrected chi connectivity index (χ0v) is 19.4. The van der Waals surface area contributed by atoms with Crippen LogP contribution in [0.1, 0.15) is 31.0 Å². The molecule has 33 heavy (non-hydrogen) atoms. The SMILES string of the molecule is CCC1(C(=O)NO)CCN(S(=O)(=O)c2ccc(OCc3cc(C)nc4ccccc34)cc2)C1. The molecular weight excluding hydrogens is 442 g/mol. The number of sulfonamides is 1. The lowest BCUT2D eigenvalue weighted by atomic mass is 9.84. The van der Waals surface area contributed by atoms with Crippen LogP contribution in [0, 0.1) is 12.3 Å². The highest BCUT2D eigenvalue weighted by atomic mass is 32.2. The van der Waals surface area contributed by atoms with Gasteiger partial charge in [0, 0.05) is 29.7 Å². The molecule has 1 atom stereocenters. The first-order valence-corrected chi connectivity index (χ1v) is 12.3. The molecule has 3 aromatic rings. The number of benzene rings is 2. The fourth-order valence-corrected chi connectivity index (χ4v) is 5.85. The second-order valence-electron chi connectivity index (χ2n) is 8.36. The van der Waals surface area contributed by atoms with Crippen LogP contribution in [0.5, 0.6) is 5.75 Å². The fourth-order valence-electron chi connectivity index (χ4n) is 4.32. The number of ether oxygens (including phenoxy) is 1. The summed E-state index contributed by atoms with van der Waals surface area (Å²) >= 11 is 0. The third kappa shape index (κ3) is 4.44. The first kappa shape index (κ1) is 23.2. The topological polar surface area (TPSA) is 109 Å². The van der Waals surface area contributed by atoms with Crippen molar-refractivity contribution in [2.24, 2.45) is 5.41 Å². The van der Waals surface area contributed by atoms with Crippen LogP contribution in [0.4, 0.5) is 0 Å². The highest BCUT2D eigenvalue weighted by molar-refractivity contribution is 7.89. The average molecular weight is 470 g/mol. The number of para-hydroxylation sites is 1. The van der Waals surface area contributed by atoms with Crippen molar-refractivity contribution in [3.8, 4) is 5.75 Å². The molecule has 8 nitrogen and oxygen atoms in total. The van der Waals surface area contributed by atoms with Crippen LogP contribution in [-0.2, 0) is 21.4 Å². The van der Waals surface area contributed by atoms with Crippen molar-refractivity contribution in [1.82, 2.24) is 14.8 Å². The first-order chi connectivity index (χ1) is 15.8. The van der Waals surface area contributed by atoms with Gasteiger partial charge < -0.3 is 4.74 Å². The van der Waals surface area contributed by atoms with Gasteiger partial charge >= 0.3 is 0 Å². The summed E-state index contributed by atoms with van der Waals surface area (Å²) in [6.45, 7) is 4.33. The van der Waals surface area contributed by atoms with Crippen LogP contribution in [0.2, 0.25) is 0 Å². The minimum Gasteiger partial charge on any atom is -0.489 e. The molecule has 0 bridgehead atoms. The predicted molar refractivity (Wildman–Crippen MR) is 123 cm³/mol. The van der Waals surface area contributed by atoms with Crippen LogP contribution >= 0.6 is 0 Å². The molecule has 2 N–H and O–H groups in total. The number of aryl methyl sites for hydroxylation is 1. The molecule has 1 aliphatic heterocycles. The number of amides is 1. The molecular formula is C24H27N3O5S. The molecule has 2 heterocycles. The van der Waals surface area contributed by atoms with Gasteiger partial charge in [0.1, 0.15) is 12.4 Å². The summed E-state index contributed by atoms with van der Waals surface area (Å²) in [6, 6.07) is 16.1. The molecule has 1 unspecified atom stereocenters. The van der Waals surface area contributed by atoms with Gasteiger partial charge in [0.05, 0.1) is 15.8 Å². The standard InChI is InChI=1S/C24H27N3O5S/c1-3-24(23(28)26-29)12-13-27(16-24)33(30,31)20-10-8-19(9-11-20)32-15-18-14-17(2)25-22-7-5-4-6-21(18)22/h4-11,14,29H,3,12-13,15-16H2,1-2H3,(H,26,28). The smallest absolute Gasteiger partial charge is 0.250 e. The van der Waals surface area contributed by atoms with Crippen molar-refractivity contribution in [3.05, 3.63) is 65.9 Å². The Labute approximate surface area is 193 Å². The summed E-state index contributed by atoms with van der Waals surface area (Å²) in [5.41, 5.74) is 3.57. The first-order valence-electron chi connectivity index (χ1n) is 10.8. The van der Waals surface area contributed by atoms with E-state index in [4.69, 9.17) is 9.94 Å². The fraction of sp³-hybridized carbons (Fsp3) is 0.333. The lowest BCUT2D eigenvalue weighted by Gasteiger charge is -2.25. The van der Waals surface area contributed by atoms with Gasteiger partial charge in [-0.3, -0.25) is 15.0 Å². The van der Waals surface area contributed by atoms with E-state index in [0.717, 1.165) is 22.2 Å². The molecule has 1 saturated heterocycles. The highest BCUT2D eigenvalue weighted by Gasteiger charge is 2.46. The van der Waals surface area contributed by atoms with E-state index in [1.54, 1.807) is 17.6 Å². The maximum atomic E-state index is 13.1. The normalized spacial score (nSPS) is 19.0. The Balaban J connectivity index is 1.48. The number of nitrogens with zero attached hydrogens (tertiary/aromatic N) is 2. The van der Waals surface area contributed by atoms with Crippen molar-refractivity contribution in [2.45, 2.75) is 38.2 Å². The number of carbonyl (C=O) groups is 1. The molecule has 1 aromatic heterocycles. The number of aromatic nitrogens is 1. The summed E-state index contributed by atoms with van der Waals surface area (Å²) in [6.07, 6.45) is 0.789. The second-order valence-corrected chi connectivity index (χ2v) is 10.3. The van der Waals surface area contributed by atoms with Crippen LogP contribution in [0.15, 0.2) is 59.5 Å². The van der Waals surface area contributed by atoms with Gasteiger partial charge in [-0.15, -0.1) is 0 Å². The number of nitrogens with one attached hydrogen (secondary N) is 1. The van der Waals surface area contributed by atoms with E-state index in [1.165, 1.54) is 16.4 Å². The van der Waals surface area contributed by atoms with Crippen molar-refractivity contribution in [3.63, 3.8) is 0 Å². The van der Waals surface area contributed by atoms with Gasteiger partial charge in [-0.25, -0.2) is 13.9 Å². The van der Waals surface area contributed by atoms with Crippen molar-refractivity contribution >= 4 is 26.8 Å². The number of hydroxylamine groups is 1. The Hall–Kier alpha value is -3.01. The molecule has 2 aromatic carbocycles. The van der Waals surface area contributed by atoms with E-state index in [1.807, 2.05) is 44.2 Å².